The first-order valence-corrected chi connectivity index (χ1v) is 11.4. The first-order chi connectivity index (χ1) is 13.9. The average molecular weight is 429 g/mol. The van der Waals surface area contributed by atoms with Crippen molar-refractivity contribution in [2.24, 2.45) is 0 Å². The van der Waals surface area contributed by atoms with Gasteiger partial charge in [-0.2, -0.15) is 0 Å². The Hall–Kier alpha value is -2.34. The van der Waals surface area contributed by atoms with Crippen LogP contribution in [0.4, 0.5) is 5.69 Å². The molecule has 0 aromatic heterocycles. The van der Waals surface area contributed by atoms with E-state index in [9.17, 15) is 8.42 Å². The summed E-state index contributed by atoms with van der Waals surface area (Å²) < 4.78 is 28.2. The van der Waals surface area contributed by atoms with Crippen molar-refractivity contribution < 1.29 is 8.42 Å². The Morgan fingerprint density at radius 3 is 2.14 bits per heavy atom. The maximum absolute atomic E-state index is 12.7. The minimum absolute atomic E-state index is 0.191. The molecule has 0 spiro atoms. The number of benzene rings is 3. The van der Waals surface area contributed by atoms with Crippen LogP contribution in [0.25, 0.3) is 0 Å². The SMILES string of the molecule is CC(C)c1ccccc1N[C@H](CNS(=O)(=O)c1ccc(Cl)cc1)c1ccccc1. The van der Waals surface area contributed by atoms with Crippen molar-refractivity contribution in [3.05, 3.63) is 95.0 Å². The number of hydrogen-bond donors (Lipinski definition) is 2. The van der Waals surface area contributed by atoms with Gasteiger partial charge >= 0.3 is 0 Å². The van der Waals surface area contributed by atoms with Crippen LogP contribution in [-0.2, 0) is 10.0 Å². The zero-order valence-corrected chi connectivity index (χ0v) is 18.0. The average Bonchev–Trinajstić information content (AvgIpc) is 2.72. The van der Waals surface area contributed by atoms with Crippen LogP contribution in [0, 0.1) is 0 Å². The van der Waals surface area contributed by atoms with Crippen LogP contribution < -0.4 is 10.0 Å². The van der Waals surface area contributed by atoms with Crippen LogP contribution in [0.1, 0.15) is 36.9 Å². The lowest BCUT2D eigenvalue weighted by atomic mass is 9.99. The summed E-state index contributed by atoms with van der Waals surface area (Å²) in [5.74, 6) is 0.348. The molecular formula is C23H25ClN2O2S. The molecule has 3 aromatic carbocycles. The number of anilines is 1. The van der Waals surface area contributed by atoms with Crippen molar-refractivity contribution in [3.8, 4) is 0 Å². The topological polar surface area (TPSA) is 58.2 Å². The Bertz CT molecular complexity index is 1040. The lowest BCUT2D eigenvalue weighted by Gasteiger charge is -2.24. The standard InChI is InChI=1S/C23H25ClN2O2S/c1-17(2)21-10-6-7-11-22(21)26-23(18-8-4-3-5-9-18)16-25-29(27,28)20-14-12-19(24)13-15-20/h3-15,17,23,25-26H,16H2,1-2H3/t23-/m1/s1. The summed E-state index contributed by atoms with van der Waals surface area (Å²) in [6.07, 6.45) is 0. The van der Waals surface area contributed by atoms with Gasteiger partial charge in [-0.25, -0.2) is 13.1 Å². The van der Waals surface area contributed by atoms with Gasteiger partial charge in [0.1, 0.15) is 0 Å². The van der Waals surface area contributed by atoms with Crippen LogP contribution in [0.15, 0.2) is 83.8 Å². The molecule has 1 atom stereocenters. The molecule has 3 rings (SSSR count). The van der Waals surface area contributed by atoms with E-state index in [1.54, 1.807) is 12.1 Å². The van der Waals surface area contributed by atoms with Crippen molar-refractivity contribution in [2.75, 3.05) is 11.9 Å². The molecule has 152 valence electrons. The largest absolute Gasteiger partial charge is 0.377 e. The first kappa shape index (κ1) is 21.4. The van der Waals surface area contributed by atoms with Crippen molar-refractivity contribution >= 4 is 27.3 Å². The fourth-order valence-corrected chi connectivity index (χ4v) is 4.32. The fourth-order valence-electron chi connectivity index (χ4n) is 3.15. The summed E-state index contributed by atoms with van der Waals surface area (Å²) in [4.78, 5) is 0.191. The van der Waals surface area contributed by atoms with Crippen molar-refractivity contribution in [1.29, 1.82) is 0 Å². The highest BCUT2D eigenvalue weighted by molar-refractivity contribution is 7.89. The maximum atomic E-state index is 12.7. The number of nitrogens with one attached hydrogen (secondary N) is 2. The third-order valence-corrected chi connectivity index (χ3v) is 6.41. The molecule has 0 unspecified atom stereocenters. The third-order valence-electron chi connectivity index (χ3n) is 4.72. The van der Waals surface area contributed by atoms with Gasteiger partial charge in [-0.1, -0.05) is 74.0 Å². The first-order valence-electron chi connectivity index (χ1n) is 9.52. The molecule has 0 saturated carbocycles. The molecule has 0 aliphatic rings. The van der Waals surface area contributed by atoms with Crippen LogP contribution in [0.5, 0.6) is 0 Å². The Morgan fingerprint density at radius 1 is 0.862 bits per heavy atom. The lowest BCUT2D eigenvalue weighted by Crippen LogP contribution is -2.31. The highest BCUT2D eigenvalue weighted by atomic mass is 35.5. The van der Waals surface area contributed by atoms with Gasteiger partial charge in [0, 0.05) is 17.3 Å². The second kappa shape index (κ2) is 9.44. The van der Waals surface area contributed by atoms with E-state index in [-0.39, 0.29) is 17.5 Å². The van der Waals surface area contributed by atoms with E-state index < -0.39 is 10.0 Å². The van der Waals surface area contributed by atoms with Crippen molar-refractivity contribution in [3.63, 3.8) is 0 Å². The van der Waals surface area contributed by atoms with E-state index in [0.717, 1.165) is 11.3 Å². The molecule has 0 amide bonds. The Labute approximate surface area is 178 Å². The number of hydrogen-bond acceptors (Lipinski definition) is 3. The van der Waals surface area contributed by atoms with Crippen molar-refractivity contribution in [1.82, 2.24) is 4.72 Å². The van der Waals surface area contributed by atoms with Gasteiger partial charge in [-0.05, 0) is 47.4 Å². The number of halogens is 1. The van der Waals surface area contributed by atoms with E-state index in [2.05, 4.69) is 30.0 Å². The predicted octanol–water partition coefficient (Wildman–Crippen LogP) is 5.60. The summed E-state index contributed by atoms with van der Waals surface area (Å²) in [5.41, 5.74) is 3.20. The molecular weight excluding hydrogens is 404 g/mol. The van der Waals surface area contributed by atoms with Gasteiger partial charge < -0.3 is 5.32 Å². The van der Waals surface area contributed by atoms with E-state index in [1.165, 1.54) is 17.7 Å². The summed E-state index contributed by atoms with van der Waals surface area (Å²) >= 11 is 5.87. The molecule has 2 N–H and O–H groups in total. The second-order valence-electron chi connectivity index (χ2n) is 7.16. The minimum atomic E-state index is -3.65. The Kier molecular flexibility index (Phi) is 6.96. The van der Waals surface area contributed by atoms with E-state index in [1.807, 2.05) is 48.5 Å². The van der Waals surface area contributed by atoms with Gasteiger partial charge in [0.25, 0.3) is 0 Å². The van der Waals surface area contributed by atoms with Gasteiger partial charge in [0.2, 0.25) is 10.0 Å². The highest BCUT2D eigenvalue weighted by Gasteiger charge is 2.19. The quantitative estimate of drug-likeness (QED) is 0.491. The number of sulfonamides is 1. The van der Waals surface area contributed by atoms with E-state index in [4.69, 9.17) is 11.6 Å². The monoisotopic (exact) mass is 428 g/mol. The van der Waals surface area contributed by atoms with E-state index >= 15 is 0 Å². The highest BCUT2D eigenvalue weighted by Crippen LogP contribution is 2.28. The zero-order valence-electron chi connectivity index (χ0n) is 16.5. The van der Waals surface area contributed by atoms with Gasteiger partial charge in [0.15, 0.2) is 0 Å². The van der Waals surface area contributed by atoms with Crippen LogP contribution in [0.2, 0.25) is 5.02 Å². The molecule has 29 heavy (non-hydrogen) atoms. The zero-order chi connectivity index (χ0) is 20.9. The smallest absolute Gasteiger partial charge is 0.240 e. The molecule has 0 aliphatic heterocycles. The van der Waals surface area contributed by atoms with Crippen molar-refractivity contribution in [2.45, 2.75) is 30.7 Å². The predicted molar refractivity (Wildman–Crippen MR) is 120 cm³/mol. The van der Waals surface area contributed by atoms with E-state index in [0.29, 0.717) is 10.9 Å². The Balaban J connectivity index is 1.85. The number of para-hydroxylation sites is 1. The number of rotatable bonds is 8. The maximum Gasteiger partial charge on any atom is 0.240 e. The summed E-state index contributed by atoms with van der Waals surface area (Å²) in [5, 5.41) is 4.03. The fraction of sp³-hybridized carbons (Fsp3) is 0.217. The molecule has 4 nitrogen and oxygen atoms in total. The van der Waals surface area contributed by atoms with Crippen LogP contribution in [0.3, 0.4) is 0 Å². The molecule has 3 aromatic rings. The van der Waals surface area contributed by atoms with Gasteiger partial charge in [0.05, 0.1) is 10.9 Å². The second-order valence-corrected chi connectivity index (χ2v) is 9.36. The molecule has 0 heterocycles. The molecule has 0 fully saturated rings. The lowest BCUT2D eigenvalue weighted by molar-refractivity contribution is 0.576. The van der Waals surface area contributed by atoms with Crippen LogP contribution >= 0.6 is 11.6 Å². The summed E-state index contributed by atoms with van der Waals surface area (Å²) in [7, 11) is -3.65. The third kappa shape index (κ3) is 5.60. The summed E-state index contributed by atoms with van der Waals surface area (Å²) in [6, 6.07) is 23.9. The normalized spacial score (nSPS) is 12.7. The molecule has 0 aliphatic carbocycles. The minimum Gasteiger partial charge on any atom is -0.377 e. The van der Waals surface area contributed by atoms with Crippen LogP contribution in [-0.4, -0.2) is 15.0 Å². The molecule has 0 saturated heterocycles. The molecule has 0 bridgehead atoms. The van der Waals surface area contributed by atoms with Gasteiger partial charge in [-0.15, -0.1) is 0 Å². The summed E-state index contributed by atoms with van der Waals surface area (Å²) in [6.45, 7) is 4.49. The molecule has 6 heteroatoms. The Morgan fingerprint density at radius 2 is 1.48 bits per heavy atom. The molecule has 0 radical (unpaired) electrons. The van der Waals surface area contributed by atoms with Gasteiger partial charge in [-0.3, -0.25) is 0 Å².